The van der Waals surface area contributed by atoms with Gasteiger partial charge in [0.05, 0.1) is 50.4 Å². The molecule has 35 heteroatoms. The molecule has 8 rings (SSSR count). The third-order valence-corrected chi connectivity index (χ3v) is 14.4. The van der Waals surface area contributed by atoms with Crippen molar-refractivity contribution in [1.82, 2.24) is 48.7 Å². The Morgan fingerprint density at radius 1 is 0.840 bits per heavy atom. The molecule has 5 heterocycles. The number of para-hydroxylation sites is 2. The number of esters is 1. The van der Waals surface area contributed by atoms with Crippen molar-refractivity contribution in [3.05, 3.63) is 146 Å². The topological polar surface area (TPSA) is 334 Å². The van der Waals surface area contributed by atoms with Crippen molar-refractivity contribution < 1.29 is 69.2 Å². The number of anilines is 4. The van der Waals surface area contributed by atoms with E-state index in [0.717, 1.165) is 31.3 Å². The zero-order chi connectivity index (χ0) is 69.8. The molecule has 4 aromatic heterocycles. The number of hydrogen-bond donors (Lipinski definition) is 4. The van der Waals surface area contributed by atoms with Gasteiger partial charge in [0.2, 0.25) is 34.9 Å². The van der Waals surface area contributed by atoms with Gasteiger partial charge in [-0.1, -0.05) is 54.4 Å². The first-order chi connectivity index (χ1) is 44.4. The lowest BCUT2D eigenvalue weighted by Gasteiger charge is -2.35. The highest BCUT2D eigenvalue weighted by atomic mass is 35.5. The quantitative estimate of drug-likeness (QED) is 0.0438. The molecule has 3 aromatic carbocycles. The Kier molecular flexibility index (Phi) is 27.5. The molecule has 0 aliphatic carbocycles. The van der Waals surface area contributed by atoms with Gasteiger partial charge in [0.1, 0.15) is 36.2 Å². The van der Waals surface area contributed by atoms with Crippen LogP contribution in [0.15, 0.2) is 112 Å². The third-order valence-electron chi connectivity index (χ3n) is 12.5. The van der Waals surface area contributed by atoms with Gasteiger partial charge in [-0.25, -0.2) is 28.7 Å². The van der Waals surface area contributed by atoms with Crippen LogP contribution in [0.3, 0.4) is 0 Å². The summed E-state index contributed by atoms with van der Waals surface area (Å²) in [5.74, 6) is 1.02. The van der Waals surface area contributed by atoms with E-state index in [-0.39, 0.29) is 58.8 Å². The Hall–Kier alpha value is -9.53. The molecule has 4 N–H and O–H groups in total. The van der Waals surface area contributed by atoms with Crippen LogP contribution in [0.25, 0.3) is 5.69 Å². The van der Waals surface area contributed by atoms with Crippen molar-refractivity contribution in [2.75, 3.05) is 69.4 Å². The number of aryl methyl sites for hydroxylation is 1. The molecule has 506 valence electrons. The monoisotopic (exact) mass is 1390 g/mol. The van der Waals surface area contributed by atoms with Crippen LogP contribution in [0.5, 0.6) is 29.0 Å². The fourth-order valence-corrected chi connectivity index (χ4v) is 9.47. The van der Waals surface area contributed by atoms with Gasteiger partial charge < -0.3 is 48.9 Å². The number of amides is 4. The van der Waals surface area contributed by atoms with Crippen LogP contribution in [0, 0.1) is 0 Å². The Morgan fingerprint density at radius 3 is 2.07 bits per heavy atom. The summed E-state index contributed by atoms with van der Waals surface area (Å²) in [5.41, 5.74) is -1.27. The zero-order valence-electron chi connectivity index (χ0n) is 52.7. The maximum atomic E-state index is 13.1. The summed E-state index contributed by atoms with van der Waals surface area (Å²) in [6.45, 7) is 12.7. The van der Waals surface area contributed by atoms with Crippen LogP contribution in [0.1, 0.15) is 68.7 Å². The van der Waals surface area contributed by atoms with Gasteiger partial charge in [-0.15, -0.1) is 0 Å². The van der Waals surface area contributed by atoms with Crippen LogP contribution in [0.4, 0.5) is 41.5 Å². The zero-order valence-corrected chi connectivity index (χ0v) is 55.8. The SMILES string of the molecule is CC1COc2ccccc2N1C(=O)C(Cl)Cl.CCNc1nc(Cl)nc(NC(C)C)n1.CCc1ccc(COc2ccc(-n3c(=O)cc(C(F)(F)F)n(C)c3=O)cc2)c(OC(C)C(=O)OC)c1.COc1cc(OC)nc(NC(=O)NS(=O)(=O)c2ncccc2C(=O)N(C)C)n1. The Balaban J connectivity index is 0.000000243. The van der Waals surface area contributed by atoms with Crippen LogP contribution < -0.4 is 60.5 Å². The number of fused-ring (bicyclic) bond motifs is 1. The first-order valence-electron chi connectivity index (χ1n) is 28.1. The number of alkyl halides is 5. The van der Waals surface area contributed by atoms with Crippen molar-refractivity contribution in [3.63, 3.8) is 0 Å². The van der Waals surface area contributed by atoms with E-state index in [2.05, 4.69) is 45.9 Å². The fraction of sp³-hybridized carbons (Fsp3) is 0.356. The minimum atomic E-state index is -4.84. The van der Waals surface area contributed by atoms with Gasteiger partial charge in [-0.2, -0.15) is 46.5 Å². The van der Waals surface area contributed by atoms with Crippen LogP contribution in [-0.2, 0) is 50.6 Å². The van der Waals surface area contributed by atoms with E-state index in [1.165, 1.54) is 89.0 Å². The molecule has 0 bridgehead atoms. The van der Waals surface area contributed by atoms with E-state index in [1.54, 1.807) is 16.5 Å². The van der Waals surface area contributed by atoms with Crippen LogP contribution in [-0.4, -0.2) is 148 Å². The number of sulfonamides is 1. The summed E-state index contributed by atoms with van der Waals surface area (Å²) in [4.78, 5) is 97.8. The lowest BCUT2D eigenvalue weighted by atomic mass is 10.1. The second-order valence-corrected chi connectivity index (χ2v) is 23.0. The molecule has 2 atom stereocenters. The standard InChI is InChI=1S/C25H25F3N2O6.C15H18N6O6S.C11H11Cl2NO2.C8H14ClN5/c1-5-16-6-7-17(20(12-16)36-15(2)23(32)34-4)14-35-19-10-8-18(9-11-19)30-22(31)13-21(25(26,27)28)29(3)24(30)33;1-21(2)13(22)9-6-5-7-16-12(9)28(24,25)20-15(23)19-14-17-10(26-3)8-11(18-14)27-4;1-7-6-16-9-5-3-2-4-8(9)14(7)11(15)10(12)13;1-4-10-7-12-6(9)13-8(14-7)11-5(2)3/h6-13,15H,5,14H2,1-4H3;5-8H,1-4H3,(H2,17,18,19,20,23);2-5,7,10H,6H2,1H3;5H,4H2,1-3H3,(H2,10,11,12,13,14). The Morgan fingerprint density at radius 2 is 1.49 bits per heavy atom. The highest BCUT2D eigenvalue weighted by molar-refractivity contribution is 7.90. The van der Waals surface area contributed by atoms with Crippen LogP contribution in [0.2, 0.25) is 5.28 Å². The van der Waals surface area contributed by atoms with Gasteiger partial charge in [0, 0.05) is 51.6 Å². The number of methoxy groups -OCH3 is 3. The molecule has 4 amide bonds. The number of rotatable bonds is 19. The first-order valence-corrected chi connectivity index (χ1v) is 30.8. The van der Waals surface area contributed by atoms with E-state index in [9.17, 15) is 50.4 Å². The average Bonchev–Trinajstić information content (AvgIpc) is 0.792. The largest absolute Gasteiger partial charge is 0.489 e. The minimum absolute atomic E-state index is 0.0672. The van der Waals surface area contributed by atoms with Gasteiger partial charge in [-0.05, 0) is 113 Å². The van der Waals surface area contributed by atoms with E-state index >= 15 is 0 Å². The summed E-state index contributed by atoms with van der Waals surface area (Å²) in [6.07, 6.45) is -3.72. The number of carbonyl (C=O) groups excluding carboxylic acids is 4. The molecule has 0 fully saturated rings. The number of carbonyl (C=O) groups is 4. The maximum absolute atomic E-state index is 13.1. The second kappa shape index (κ2) is 34.4. The number of nitrogens with zero attached hydrogens (tertiary/aromatic N) is 10. The lowest BCUT2D eigenvalue weighted by Crippen LogP contribution is -2.47. The van der Waals surface area contributed by atoms with E-state index in [4.69, 9.17) is 63.2 Å². The minimum Gasteiger partial charge on any atom is -0.489 e. The second-order valence-electron chi connectivity index (χ2n) is 20.0. The summed E-state index contributed by atoms with van der Waals surface area (Å²) < 4.78 is 98.7. The molecule has 0 spiro atoms. The predicted molar refractivity (Wildman–Crippen MR) is 343 cm³/mol. The van der Waals surface area contributed by atoms with Crippen LogP contribution >= 0.6 is 34.8 Å². The number of benzene rings is 3. The first kappa shape index (κ1) is 75.2. The normalized spacial score (nSPS) is 12.7. The average molecular weight is 1390 g/mol. The molecule has 0 radical (unpaired) electrons. The molecule has 1 aliphatic heterocycles. The lowest BCUT2D eigenvalue weighted by molar-refractivity contribution is -0.148. The number of halogens is 6. The molecule has 7 aromatic rings. The van der Waals surface area contributed by atoms with E-state index in [0.29, 0.717) is 56.5 Å². The van der Waals surface area contributed by atoms with Crippen molar-refractivity contribution in [1.29, 1.82) is 0 Å². The highest BCUT2D eigenvalue weighted by Crippen LogP contribution is 2.35. The summed E-state index contributed by atoms with van der Waals surface area (Å²) in [6, 6.07) is 22.1. The molecular weight excluding hydrogens is 1320 g/mol. The highest BCUT2D eigenvalue weighted by Gasteiger charge is 2.36. The van der Waals surface area contributed by atoms with Gasteiger partial charge in [0.15, 0.2) is 16.0 Å². The summed E-state index contributed by atoms with van der Waals surface area (Å²) in [7, 11) is 3.37. The molecular formula is C59H68Cl3F3N14O14S. The predicted octanol–water partition coefficient (Wildman–Crippen LogP) is 8.12. The number of nitrogens with one attached hydrogen (secondary N) is 4. The van der Waals surface area contributed by atoms with Crippen molar-refractivity contribution in [3.8, 4) is 34.7 Å². The molecule has 0 saturated heterocycles. The van der Waals surface area contributed by atoms with Gasteiger partial charge in [0.25, 0.3) is 27.4 Å². The number of ether oxygens (including phenoxy) is 6. The molecule has 0 saturated carbocycles. The van der Waals surface area contributed by atoms with Gasteiger partial charge >= 0.3 is 23.9 Å². The maximum Gasteiger partial charge on any atom is 0.431 e. The number of pyridine rings is 1. The number of urea groups is 1. The molecule has 2 unspecified atom stereocenters. The summed E-state index contributed by atoms with van der Waals surface area (Å²) >= 11 is 17.0. The third kappa shape index (κ3) is 21.0. The van der Waals surface area contributed by atoms with Crippen molar-refractivity contribution >= 4 is 92.2 Å². The van der Waals surface area contributed by atoms with Crippen molar-refractivity contribution in [2.24, 2.45) is 7.05 Å². The fourth-order valence-electron chi connectivity index (χ4n) is 8.07. The molecule has 28 nitrogen and oxygen atoms in total. The Labute approximate surface area is 553 Å². The van der Waals surface area contributed by atoms with Crippen molar-refractivity contribution in [2.45, 2.75) is 88.8 Å². The Bertz CT molecular complexity index is 4000. The molecule has 94 heavy (non-hydrogen) atoms. The number of hydrogen-bond acceptors (Lipinski definition) is 22. The smallest absolute Gasteiger partial charge is 0.431 e. The van der Waals surface area contributed by atoms with Gasteiger partial charge in [-0.3, -0.25) is 24.3 Å². The van der Waals surface area contributed by atoms with E-state index < -0.39 is 67.0 Å². The summed E-state index contributed by atoms with van der Waals surface area (Å²) in [5, 5.41) is 7.79. The van der Waals surface area contributed by atoms with E-state index in [1.807, 2.05) is 77.1 Å². The number of aromatic nitrogens is 8. The molecule has 1 aliphatic rings.